The molecule has 134 valence electrons. The second-order valence-corrected chi connectivity index (χ2v) is 5.88. The van der Waals surface area contributed by atoms with E-state index in [0.717, 1.165) is 63.9 Å². The Balaban J connectivity index is 4.13. The van der Waals surface area contributed by atoms with Crippen LogP contribution in [0.2, 0.25) is 0 Å². The van der Waals surface area contributed by atoms with E-state index in [4.69, 9.17) is 10.6 Å². The van der Waals surface area contributed by atoms with E-state index < -0.39 is 12.0 Å². The minimum Gasteiger partial charge on any atom is -0.481 e. The maximum Gasteiger partial charge on any atom is 0.303 e. The van der Waals surface area contributed by atoms with Crippen LogP contribution in [0, 0.1) is 0 Å². The molecule has 0 saturated heterocycles. The molecule has 0 rings (SSSR count). The number of carboxylic acid groups (broad SMARTS) is 1. The van der Waals surface area contributed by atoms with E-state index in [1.807, 2.05) is 6.92 Å². The Morgan fingerprint density at radius 1 is 1.09 bits per heavy atom. The lowest BCUT2D eigenvalue weighted by molar-refractivity contribution is -0.137. The van der Waals surface area contributed by atoms with E-state index in [1.165, 1.54) is 0 Å². The fraction of sp³-hybridized carbons (Fsp3) is 0.750. The summed E-state index contributed by atoms with van der Waals surface area (Å²) in [6, 6.07) is -0.296. The number of carboxylic acids is 1. The normalized spacial score (nSPS) is 18.3. The summed E-state index contributed by atoms with van der Waals surface area (Å²) in [5.74, 6) is -0.745. The molecule has 0 unspecified atom stereocenters. The van der Waals surface area contributed by atoms with Gasteiger partial charge in [-0.2, -0.15) is 0 Å². The quantitative estimate of drug-likeness (QED) is 0.285. The zero-order valence-electron chi connectivity index (χ0n) is 18.6. The van der Waals surface area contributed by atoms with E-state index in [2.05, 4.69) is 0 Å². The molecule has 1 atom stereocenters. The Kier molecular flexibility index (Phi) is 11.6. The molecule has 0 aliphatic rings. The lowest BCUT2D eigenvalue weighted by Gasteiger charge is -2.03. The van der Waals surface area contributed by atoms with Gasteiger partial charge in [0.05, 0.1) is 11.6 Å². The zero-order valence-corrected chi connectivity index (χ0v) is 14.6. The molecule has 0 aromatic rings. The first kappa shape index (κ1) is 15.4. The van der Waals surface area contributed by atoms with Gasteiger partial charge in [0.2, 0.25) is 0 Å². The van der Waals surface area contributed by atoms with E-state index in [9.17, 15) is 9.90 Å². The van der Waals surface area contributed by atoms with E-state index in [-0.39, 0.29) is 31.0 Å². The van der Waals surface area contributed by atoms with Gasteiger partial charge in [0, 0.05) is 6.42 Å². The van der Waals surface area contributed by atoms with Crippen molar-refractivity contribution in [2.45, 2.75) is 96.5 Å². The number of unbranched alkanes of at least 4 members (excludes halogenated alkanes) is 8. The molecule has 0 aliphatic heterocycles. The molecule has 0 fully saturated rings. The number of aliphatic hydroxyl groups is 1. The Hall–Kier alpha value is -1.09. The fourth-order valence-electron chi connectivity index (χ4n) is 2.23. The van der Waals surface area contributed by atoms with E-state index >= 15 is 0 Å². The highest BCUT2D eigenvalue weighted by molar-refractivity contribution is 5.66. The molecular weight excluding hydrogens is 288 g/mol. The van der Waals surface area contributed by atoms with Crippen LogP contribution in [0.1, 0.15) is 95.9 Å². The fourth-order valence-corrected chi connectivity index (χ4v) is 2.23. The third kappa shape index (κ3) is 18.9. The summed E-state index contributed by atoms with van der Waals surface area (Å²) in [7, 11) is 0. The molecule has 0 aliphatic carbocycles. The van der Waals surface area contributed by atoms with Crippen molar-refractivity contribution in [2.24, 2.45) is 0 Å². The van der Waals surface area contributed by atoms with Crippen molar-refractivity contribution in [1.82, 2.24) is 0 Å². The van der Waals surface area contributed by atoms with E-state index in [0.29, 0.717) is 12.8 Å². The van der Waals surface area contributed by atoms with Crippen LogP contribution in [-0.2, 0) is 4.79 Å². The van der Waals surface area contributed by atoms with Gasteiger partial charge in [0.15, 0.2) is 0 Å². The first-order valence-corrected chi connectivity index (χ1v) is 9.00. The van der Waals surface area contributed by atoms with Crippen LogP contribution in [0.5, 0.6) is 0 Å². The largest absolute Gasteiger partial charge is 0.481 e. The maximum absolute atomic E-state index is 10.4. The number of aliphatic carboxylic acids is 1. The summed E-state index contributed by atoms with van der Waals surface area (Å²) in [6.07, 6.45) is 9.00. The molecule has 3 heteroatoms. The van der Waals surface area contributed by atoms with Crippen LogP contribution in [0.3, 0.4) is 0 Å². The summed E-state index contributed by atoms with van der Waals surface area (Å²) < 4.78 is 31.5. The summed E-state index contributed by atoms with van der Waals surface area (Å²) in [5, 5.41) is 18.6. The molecule has 0 radical (unpaired) electrons. The van der Waals surface area contributed by atoms with Crippen LogP contribution in [0.4, 0.5) is 0 Å². The van der Waals surface area contributed by atoms with E-state index in [1.54, 1.807) is 0 Å². The average molecular weight is 329 g/mol. The van der Waals surface area contributed by atoms with Crippen molar-refractivity contribution in [3.8, 4) is 0 Å². The van der Waals surface area contributed by atoms with Gasteiger partial charge in [0.25, 0.3) is 0 Å². The number of hydrogen-bond donors (Lipinski definition) is 2. The van der Waals surface area contributed by atoms with Gasteiger partial charge < -0.3 is 10.2 Å². The number of carbonyl (C=O) groups is 1. The van der Waals surface area contributed by atoms with Crippen molar-refractivity contribution < 1.29 is 20.5 Å². The van der Waals surface area contributed by atoms with Gasteiger partial charge in [-0.05, 0) is 25.7 Å². The topological polar surface area (TPSA) is 57.5 Å². The lowest BCUT2D eigenvalue weighted by Crippen LogP contribution is -2.00. The predicted molar refractivity (Wildman–Crippen MR) is 97.6 cm³/mol. The van der Waals surface area contributed by atoms with Crippen molar-refractivity contribution in [1.29, 1.82) is 0 Å². The highest BCUT2D eigenvalue weighted by Gasteiger charge is 1.97. The number of hydrogen-bond acceptors (Lipinski definition) is 2. The van der Waals surface area contributed by atoms with Gasteiger partial charge in [0.1, 0.15) is 0 Å². The third-order valence-electron chi connectivity index (χ3n) is 3.62. The van der Waals surface area contributed by atoms with Gasteiger partial charge in [-0.3, -0.25) is 4.79 Å². The van der Waals surface area contributed by atoms with Crippen molar-refractivity contribution in [3.05, 3.63) is 24.2 Å². The second kappa shape index (κ2) is 17.3. The maximum atomic E-state index is 10.4. The van der Waals surface area contributed by atoms with Gasteiger partial charge in [-0.25, -0.2) is 0 Å². The second-order valence-electron chi connectivity index (χ2n) is 5.88. The predicted octanol–water partition coefficient (Wildman–Crippen LogP) is 5.64. The lowest BCUT2D eigenvalue weighted by atomic mass is 10.1. The van der Waals surface area contributed by atoms with Crippen molar-refractivity contribution in [2.75, 3.05) is 0 Å². The molecule has 0 amide bonds. The zero-order chi connectivity index (χ0) is 20.7. The summed E-state index contributed by atoms with van der Waals surface area (Å²) in [6.45, 7) is 2.02. The molecule has 0 saturated carbocycles. The summed E-state index contributed by atoms with van der Waals surface area (Å²) in [4.78, 5) is 10.4. The molecule has 0 aromatic heterocycles. The van der Waals surface area contributed by atoms with Gasteiger partial charge >= 0.3 is 5.97 Å². The van der Waals surface area contributed by atoms with Crippen LogP contribution in [-0.4, -0.2) is 22.3 Å². The molecular formula is C20H36O3. The molecule has 0 bridgehead atoms. The van der Waals surface area contributed by atoms with Crippen LogP contribution >= 0.6 is 0 Å². The van der Waals surface area contributed by atoms with Gasteiger partial charge in [-0.15, -0.1) is 0 Å². The highest BCUT2D eigenvalue weighted by Crippen LogP contribution is 2.10. The molecule has 2 N–H and O–H groups in total. The van der Waals surface area contributed by atoms with Gasteiger partial charge in [-0.1, -0.05) is 82.5 Å². The minimum atomic E-state index is -1.98. The number of rotatable bonds is 16. The summed E-state index contributed by atoms with van der Waals surface area (Å²) >= 11 is 0. The number of allylic oxidation sites excluding steroid dienone is 3. The first-order valence-electron chi connectivity index (χ1n) is 11.0. The smallest absolute Gasteiger partial charge is 0.303 e. The average Bonchev–Trinajstić information content (AvgIpc) is 2.59. The van der Waals surface area contributed by atoms with Crippen LogP contribution < -0.4 is 0 Å². The Morgan fingerprint density at radius 2 is 1.74 bits per heavy atom. The SMILES string of the molecule is [2H]C(/C=C(\[2H])[C@@]([2H])(O)CCCCC)=C(\[2H])CCCCCCCCCC(=O)O. The molecule has 0 aromatic carbocycles. The van der Waals surface area contributed by atoms with Crippen LogP contribution in [0.15, 0.2) is 24.2 Å². The van der Waals surface area contributed by atoms with Crippen molar-refractivity contribution >= 4 is 5.97 Å². The van der Waals surface area contributed by atoms with Crippen LogP contribution in [0.25, 0.3) is 0 Å². The first-order chi connectivity index (χ1) is 12.7. The summed E-state index contributed by atoms with van der Waals surface area (Å²) in [5.41, 5.74) is 0. The highest BCUT2D eigenvalue weighted by atomic mass is 16.4. The monoisotopic (exact) mass is 328 g/mol. The molecule has 0 spiro atoms. The Morgan fingerprint density at radius 3 is 2.39 bits per heavy atom. The Labute approximate surface area is 148 Å². The molecule has 3 nitrogen and oxygen atoms in total. The standard InChI is InChI=1S/C20H36O3/c1-2-3-13-16-19(21)17-14-11-9-7-5-4-6-8-10-12-15-18-20(22)23/h9,11,14,17,19,21H,2-8,10,12-13,15-16,18H2,1H3,(H,22,23)/b11-9-,17-14+/t19-/m0/s1/i9D,11D,17D,19D. The molecule has 23 heavy (non-hydrogen) atoms. The minimum absolute atomic E-state index is 0.102. The third-order valence-corrected chi connectivity index (χ3v) is 3.62. The Bertz CT molecular complexity index is 488. The molecule has 0 heterocycles. The van der Waals surface area contributed by atoms with Crippen molar-refractivity contribution in [3.63, 3.8) is 0 Å².